The monoisotopic (exact) mass is 968 g/mol. The summed E-state index contributed by atoms with van der Waals surface area (Å²) in [5.74, 6) is -5.76. The molecule has 0 aliphatic rings. The lowest BCUT2D eigenvalue weighted by Crippen LogP contribution is -2.61. The molecular formula is C46H89N13O9. The van der Waals surface area contributed by atoms with Crippen LogP contribution < -0.4 is 59.3 Å². The van der Waals surface area contributed by atoms with Crippen molar-refractivity contribution in [2.45, 2.75) is 212 Å². The Kier molecular flexibility index (Phi) is 33.9. The second-order valence-electron chi connectivity index (χ2n) is 18.1. The highest BCUT2D eigenvalue weighted by Crippen LogP contribution is 2.14. The number of nitrogens with two attached hydrogens (primary N) is 2. The van der Waals surface area contributed by atoms with Crippen LogP contribution in [-0.2, 0) is 33.6 Å². The summed E-state index contributed by atoms with van der Waals surface area (Å²) in [6.07, 6.45) is 13.3. The van der Waals surface area contributed by atoms with E-state index in [1.165, 1.54) is 85.6 Å². The van der Waals surface area contributed by atoms with Gasteiger partial charge in [0.15, 0.2) is 11.9 Å². The number of hydrogen-bond donors (Lipinski definition) is 15. The van der Waals surface area contributed by atoms with E-state index in [0.717, 1.165) is 19.3 Å². The number of amides is 7. The SMILES string of the molecule is CCCCCCCCCCCCCCCC(=O)N[C@@H](CCCNC(=N)N)C(=O)N[C@@H](CC(C)C)C(=O)N[C@@H](CCCNC(=N)N)C(=O)N[C@H](C(=O)N[C@@H](C)C(=O)N[C@H](C(=O)NC)[C@@H](C)O)[C@@H](C)O. The number of hydrogen-bond acceptors (Lipinski definition) is 11. The molecule has 22 heteroatoms. The highest BCUT2D eigenvalue weighted by Gasteiger charge is 2.34. The van der Waals surface area contributed by atoms with Crippen LogP contribution in [0.2, 0.25) is 0 Å². The number of likely N-dealkylation sites (N-methyl/N-ethyl adjacent to an activating group) is 1. The van der Waals surface area contributed by atoms with Crippen molar-refractivity contribution in [1.82, 2.24) is 47.9 Å². The lowest BCUT2D eigenvalue weighted by Gasteiger charge is -2.28. The summed E-state index contributed by atoms with van der Waals surface area (Å²) in [6.45, 7) is 10.1. The van der Waals surface area contributed by atoms with Crippen LogP contribution in [0, 0.1) is 16.7 Å². The van der Waals surface area contributed by atoms with Crippen molar-refractivity contribution in [3.05, 3.63) is 0 Å². The third kappa shape index (κ3) is 29.5. The minimum atomic E-state index is -1.63. The zero-order chi connectivity index (χ0) is 51.6. The lowest BCUT2D eigenvalue weighted by molar-refractivity contribution is -0.137. The summed E-state index contributed by atoms with van der Waals surface area (Å²) < 4.78 is 0. The fourth-order valence-corrected chi connectivity index (χ4v) is 7.28. The van der Waals surface area contributed by atoms with E-state index in [2.05, 4.69) is 54.8 Å². The average molecular weight is 968 g/mol. The Morgan fingerprint density at radius 1 is 0.485 bits per heavy atom. The molecule has 0 aromatic rings. The van der Waals surface area contributed by atoms with Crippen molar-refractivity contribution in [2.75, 3.05) is 20.1 Å². The van der Waals surface area contributed by atoms with Crippen molar-refractivity contribution in [3.8, 4) is 0 Å². The van der Waals surface area contributed by atoms with Crippen LogP contribution >= 0.6 is 0 Å². The van der Waals surface area contributed by atoms with Crippen LogP contribution in [-0.4, -0.2) is 132 Å². The van der Waals surface area contributed by atoms with Crippen LogP contribution in [0.5, 0.6) is 0 Å². The first-order valence-corrected chi connectivity index (χ1v) is 24.7. The van der Waals surface area contributed by atoms with Gasteiger partial charge in [0.25, 0.3) is 0 Å². The number of carbonyl (C=O) groups is 7. The molecule has 0 saturated heterocycles. The topological polar surface area (TPSA) is 368 Å². The summed E-state index contributed by atoms with van der Waals surface area (Å²) in [4.78, 5) is 93.4. The van der Waals surface area contributed by atoms with Gasteiger partial charge in [-0.15, -0.1) is 0 Å². The van der Waals surface area contributed by atoms with Crippen molar-refractivity contribution < 1.29 is 43.8 Å². The quantitative estimate of drug-likeness (QED) is 0.0228. The molecule has 0 saturated carbocycles. The molecule has 0 rings (SSSR count). The summed E-state index contributed by atoms with van der Waals surface area (Å²) in [5.41, 5.74) is 10.9. The molecule has 0 spiro atoms. The van der Waals surface area contributed by atoms with Gasteiger partial charge in [-0.2, -0.15) is 0 Å². The Hall–Kier alpha value is -5.25. The molecular weight excluding hydrogens is 879 g/mol. The molecule has 0 bridgehead atoms. The molecule has 7 amide bonds. The number of aliphatic hydroxyl groups excluding tert-OH is 2. The van der Waals surface area contributed by atoms with Crippen LogP contribution in [0.3, 0.4) is 0 Å². The van der Waals surface area contributed by atoms with E-state index in [0.29, 0.717) is 12.8 Å². The highest BCUT2D eigenvalue weighted by molar-refractivity contribution is 5.97. The molecule has 0 aromatic carbocycles. The largest absolute Gasteiger partial charge is 0.391 e. The molecule has 0 aromatic heterocycles. The molecule has 0 aliphatic heterocycles. The summed E-state index contributed by atoms with van der Waals surface area (Å²) >= 11 is 0. The second-order valence-corrected chi connectivity index (χ2v) is 18.1. The van der Waals surface area contributed by atoms with E-state index in [1.807, 2.05) is 13.8 Å². The molecule has 392 valence electrons. The van der Waals surface area contributed by atoms with Crippen molar-refractivity contribution in [1.29, 1.82) is 10.8 Å². The fourth-order valence-electron chi connectivity index (χ4n) is 7.28. The number of aliphatic hydroxyl groups is 2. The predicted molar refractivity (Wildman–Crippen MR) is 263 cm³/mol. The van der Waals surface area contributed by atoms with Crippen LogP contribution in [0.25, 0.3) is 0 Å². The van der Waals surface area contributed by atoms with Crippen molar-refractivity contribution >= 4 is 53.3 Å². The molecule has 68 heavy (non-hydrogen) atoms. The third-order valence-corrected chi connectivity index (χ3v) is 11.2. The number of rotatable bonds is 38. The van der Waals surface area contributed by atoms with Gasteiger partial charge in [0.2, 0.25) is 41.4 Å². The van der Waals surface area contributed by atoms with Crippen molar-refractivity contribution in [2.24, 2.45) is 17.4 Å². The summed E-state index contributed by atoms with van der Waals surface area (Å²) in [7, 11) is 1.32. The smallest absolute Gasteiger partial charge is 0.245 e. The molecule has 17 N–H and O–H groups in total. The van der Waals surface area contributed by atoms with Crippen LogP contribution in [0.1, 0.15) is 164 Å². The molecule has 0 radical (unpaired) electrons. The molecule has 0 unspecified atom stereocenters. The molecule has 0 aliphatic carbocycles. The minimum absolute atomic E-state index is 0.0472. The number of carbonyl (C=O) groups excluding carboxylic acids is 7. The zero-order valence-electron chi connectivity index (χ0n) is 42.0. The maximum absolute atomic E-state index is 14.0. The Balaban J connectivity index is 5.96. The Labute approximate surface area is 404 Å². The molecule has 22 nitrogen and oxygen atoms in total. The van der Waals surface area contributed by atoms with Gasteiger partial charge in [-0.05, 0) is 65.2 Å². The molecule has 0 heterocycles. The standard InChI is InChI=1S/C46H89N13O9/c1-8-9-10-11-12-13-14-15-16-17-18-19-20-25-36(62)55-33(23-21-26-52-45(47)48)40(64)57-35(28-29(2)3)42(66)56-34(24-22-27-53-46(49)50)41(65)59-38(32(6)61)44(68)54-30(4)39(63)58-37(31(5)60)43(67)51-7/h29-35,37-38,60-61H,8-28H2,1-7H3,(H,51,67)(H,54,68)(H,55,62)(H,56,66)(H,57,64)(H,58,63)(H,59,65)(H4,47,48,52)(H4,49,50,53)/t30-,31+,32+,33-,34-,35-,37-,38-/m0/s1. The average Bonchev–Trinajstić information content (AvgIpc) is 3.26. The normalized spacial score (nSPS) is 14.6. The number of guanidine groups is 2. The Morgan fingerprint density at radius 2 is 0.882 bits per heavy atom. The van der Waals surface area contributed by atoms with E-state index in [9.17, 15) is 43.8 Å². The second kappa shape index (κ2) is 36.7. The summed E-state index contributed by atoms with van der Waals surface area (Å²) in [6, 6.07) is -7.81. The zero-order valence-corrected chi connectivity index (χ0v) is 42.0. The Bertz CT molecular complexity index is 1550. The predicted octanol–water partition coefficient (Wildman–Crippen LogP) is 0.477. The van der Waals surface area contributed by atoms with Gasteiger partial charge in [0, 0.05) is 26.6 Å². The maximum atomic E-state index is 14.0. The highest BCUT2D eigenvalue weighted by atomic mass is 16.3. The number of nitrogens with one attached hydrogen (secondary N) is 11. The Morgan fingerprint density at radius 3 is 1.32 bits per heavy atom. The first-order chi connectivity index (χ1) is 32.1. The maximum Gasteiger partial charge on any atom is 0.245 e. The third-order valence-electron chi connectivity index (χ3n) is 11.2. The number of unbranched alkanes of at least 4 members (excludes halogenated alkanes) is 12. The van der Waals surface area contributed by atoms with E-state index in [4.69, 9.17) is 22.3 Å². The van der Waals surface area contributed by atoms with Gasteiger partial charge in [0.05, 0.1) is 12.2 Å². The van der Waals surface area contributed by atoms with E-state index in [1.54, 1.807) is 0 Å². The van der Waals surface area contributed by atoms with E-state index < -0.39 is 83.9 Å². The first-order valence-electron chi connectivity index (χ1n) is 24.7. The fraction of sp³-hybridized carbons (Fsp3) is 0.804. The van der Waals surface area contributed by atoms with Gasteiger partial charge in [-0.3, -0.25) is 44.4 Å². The van der Waals surface area contributed by atoms with E-state index in [-0.39, 0.29) is 68.9 Å². The van der Waals surface area contributed by atoms with E-state index >= 15 is 0 Å². The van der Waals surface area contributed by atoms with Crippen LogP contribution in [0.15, 0.2) is 0 Å². The van der Waals surface area contributed by atoms with Crippen molar-refractivity contribution in [3.63, 3.8) is 0 Å². The van der Waals surface area contributed by atoms with Gasteiger partial charge in [-0.25, -0.2) is 0 Å². The van der Waals surface area contributed by atoms with Crippen LogP contribution in [0.4, 0.5) is 0 Å². The van der Waals surface area contributed by atoms with Gasteiger partial charge in [0.1, 0.15) is 36.3 Å². The molecule has 8 atom stereocenters. The first kappa shape index (κ1) is 62.8. The van der Waals surface area contributed by atoms with Gasteiger partial charge >= 0.3 is 0 Å². The van der Waals surface area contributed by atoms with Gasteiger partial charge < -0.3 is 69.5 Å². The minimum Gasteiger partial charge on any atom is -0.391 e. The van der Waals surface area contributed by atoms with Gasteiger partial charge in [-0.1, -0.05) is 97.8 Å². The lowest BCUT2D eigenvalue weighted by atomic mass is 10.0. The molecule has 0 fully saturated rings. The summed E-state index contributed by atoms with van der Waals surface area (Å²) in [5, 5.41) is 58.6.